The molecular formula is C15H23BrN4O. The van der Waals surface area contributed by atoms with Crippen LogP contribution >= 0.6 is 15.9 Å². The van der Waals surface area contributed by atoms with Crippen LogP contribution in [0.4, 0.5) is 5.69 Å². The van der Waals surface area contributed by atoms with E-state index < -0.39 is 0 Å². The zero-order valence-electron chi connectivity index (χ0n) is 12.5. The fourth-order valence-corrected chi connectivity index (χ4v) is 3.76. The van der Waals surface area contributed by atoms with Crippen LogP contribution in [-0.2, 0) is 6.54 Å². The minimum atomic E-state index is 0.0463. The lowest BCUT2D eigenvalue weighted by molar-refractivity contribution is 0.261. The second-order valence-corrected chi connectivity index (χ2v) is 6.91. The Morgan fingerprint density at radius 2 is 2.29 bits per heavy atom. The van der Waals surface area contributed by atoms with Gasteiger partial charge in [0.25, 0.3) is 5.56 Å². The standard InChI is InChI=1S/C15H23BrN4O/c1-2-19(12-6-7-17-8-12)14-13(16)9-18-20(15(14)21)10-11-4-3-5-11/h9,11-12,17H,2-8,10H2,1H3. The smallest absolute Gasteiger partial charge is 0.291 e. The van der Waals surface area contributed by atoms with E-state index in [0.29, 0.717) is 12.0 Å². The molecule has 2 aliphatic rings. The van der Waals surface area contributed by atoms with E-state index in [1.165, 1.54) is 19.3 Å². The van der Waals surface area contributed by atoms with Gasteiger partial charge in [-0.15, -0.1) is 0 Å². The van der Waals surface area contributed by atoms with E-state index in [1.54, 1.807) is 10.9 Å². The van der Waals surface area contributed by atoms with Gasteiger partial charge in [0.2, 0.25) is 0 Å². The van der Waals surface area contributed by atoms with Crippen LogP contribution in [0.3, 0.4) is 0 Å². The van der Waals surface area contributed by atoms with Crippen LogP contribution in [0.25, 0.3) is 0 Å². The van der Waals surface area contributed by atoms with Crippen LogP contribution in [0, 0.1) is 5.92 Å². The average Bonchev–Trinajstić information content (AvgIpc) is 2.94. The quantitative estimate of drug-likeness (QED) is 0.878. The molecule has 0 bridgehead atoms. The zero-order chi connectivity index (χ0) is 14.8. The molecule has 5 nitrogen and oxygen atoms in total. The summed E-state index contributed by atoms with van der Waals surface area (Å²) >= 11 is 3.53. The van der Waals surface area contributed by atoms with Gasteiger partial charge in [-0.1, -0.05) is 6.42 Å². The molecule has 1 saturated carbocycles. The third kappa shape index (κ3) is 3.01. The van der Waals surface area contributed by atoms with Crippen LogP contribution in [-0.4, -0.2) is 35.5 Å². The van der Waals surface area contributed by atoms with Crippen molar-refractivity contribution in [3.63, 3.8) is 0 Å². The molecular weight excluding hydrogens is 332 g/mol. The fraction of sp³-hybridized carbons (Fsp3) is 0.733. The molecule has 21 heavy (non-hydrogen) atoms. The summed E-state index contributed by atoms with van der Waals surface area (Å²) in [6, 6.07) is 0.401. The molecule has 1 saturated heterocycles. The maximum absolute atomic E-state index is 12.8. The van der Waals surface area contributed by atoms with E-state index in [1.807, 2.05) is 0 Å². The van der Waals surface area contributed by atoms with Crippen molar-refractivity contribution in [1.82, 2.24) is 15.1 Å². The summed E-state index contributed by atoms with van der Waals surface area (Å²) in [6.45, 7) is 5.69. The largest absolute Gasteiger partial charge is 0.362 e. The first-order chi connectivity index (χ1) is 10.2. The third-order valence-electron chi connectivity index (χ3n) is 4.73. The Kier molecular flexibility index (Phi) is 4.64. The second kappa shape index (κ2) is 6.48. The Hall–Kier alpha value is -0.880. The predicted octanol–water partition coefficient (Wildman–Crippen LogP) is 1.99. The Labute approximate surface area is 133 Å². The molecule has 1 N–H and O–H groups in total. The SMILES string of the molecule is CCN(c1c(Br)cnn(CC2CCC2)c1=O)C1CCNC1. The second-order valence-electron chi connectivity index (χ2n) is 6.06. The molecule has 1 aliphatic heterocycles. The Balaban J connectivity index is 1.91. The minimum Gasteiger partial charge on any atom is -0.362 e. The molecule has 1 aromatic heterocycles. The summed E-state index contributed by atoms with van der Waals surface area (Å²) in [5, 5.41) is 7.70. The highest BCUT2D eigenvalue weighted by atomic mass is 79.9. The molecule has 1 aromatic rings. The number of aromatic nitrogens is 2. The van der Waals surface area contributed by atoms with Gasteiger partial charge in [-0.05, 0) is 54.6 Å². The van der Waals surface area contributed by atoms with Crippen LogP contribution in [0.5, 0.6) is 0 Å². The van der Waals surface area contributed by atoms with Gasteiger partial charge in [-0.3, -0.25) is 4.79 Å². The third-order valence-corrected chi connectivity index (χ3v) is 5.31. The summed E-state index contributed by atoms with van der Waals surface area (Å²) in [7, 11) is 0. The summed E-state index contributed by atoms with van der Waals surface area (Å²) in [5.41, 5.74) is 0.825. The molecule has 2 fully saturated rings. The molecule has 3 rings (SSSR count). The highest BCUT2D eigenvalue weighted by molar-refractivity contribution is 9.10. The van der Waals surface area contributed by atoms with Gasteiger partial charge in [0.1, 0.15) is 5.69 Å². The molecule has 1 atom stereocenters. The van der Waals surface area contributed by atoms with E-state index in [-0.39, 0.29) is 5.56 Å². The number of hydrogen-bond acceptors (Lipinski definition) is 4. The number of nitrogens with zero attached hydrogens (tertiary/aromatic N) is 3. The molecule has 6 heteroatoms. The molecule has 0 amide bonds. The topological polar surface area (TPSA) is 50.2 Å². The Morgan fingerprint density at radius 3 is 2.86 bits per heavy atom. The molecule has 116 valence electrons. The lowest BCUT2D eigenvalue weighted by atomic mass is 9.85. The summed E-state index contributed by atoms with van der Waals surface area (Å²) in [5.74, 6) is 0.632. The lowest BCUT2D eigenvalue weighted by Crippen LogP contribution is -2.42. The van der Waals surface area contributed by atoms with Gasteiger partial charge in [0.05, 0.1) is 10.7 Å². The maximum atomic E-state index is 12.8. The van der Waals surface area contributed by atoms with Gasteiger partial charge in [0, 0.05) is 25.7 Å². The van der Waals surface area contributed by atoms with Crippen molar-refractivity contribution in [2.24, 2.45) is 5.92 Å². The van der Waals surface area contributed by atoms with Crippen molar-refractivity contribution in [2.75, 3.05) is 24.5 Å². The van der Waals surface area contributed by atoms with E-state index in [4.69, 9.17) is 0 Å². The van der Waals surface area contributed by atoms with Crippen molar-refractivity contribution in [3.8, 4) is 0 Å². The number of likely N-dealkylation sites (N-methyl/N-ethyl adjacent to an activating group) is 1. The van der Waals surface area contributed by atoms with Crippen LogP contribution in [0.2, 0.25) is 0 Å². The molecule has 2 heterocycles. The Bertz CT molecular complexity index is 549. The number of hydrogen-bond donors (Lipinski definition) is 1. The summed E-state index contributed by atoms with van der Waals surface area (Å²) < 4.78 is 2.47. The van der Waals surface area contributed by atoms with Gasteiger partial charge in [0.15, 0.2) is 0 Å². The van der Waals surface area contributed by atoms with Crippen LogP contribution in [0.1, 0.15) is 32.6 Å². The first kappa shape index (κ1) is 15.0. The zero-order valence-corrected chi connectivity index (χ0v) is 14.1. The Morgan fingerprint density at radius 1 is 1.48 bits per heavy atom. The number of anilines is 1. The van der Waals surface area contributed by atoms with Crippen molar-refractivity contribution in [1.29, 1.82) is 0 Å². The summed E-state index contributed by atoms with van der Waals surface area (Å²) in [6.07, 6.45) is 6.61. The number of rotatable bonds is 5. The minimum absolute atomic E-state index is 0.0463. The van der Waals surface area contributed by atoms with Gasteiger partial charge in [-0.25, -0.2) is 4.68 Å². The number of halogens is 1. The van der Waals surface area contributed by atoms with Crippen molar-refractivity contribution < 1.29 is 0 Å². The molecule has 0 aromatic carbocycles. The van der Waals surface area contributed by atoms with Gasteiger partial charge in [-0.2, -0.15) is 5.10 Å². The number of nitrogens with one attached hydrogen (secondary N) is 1. The normalized spacial score (nSPS) is 22.3. The van der Waals surface area contributed by atoms with Gasteiger partial charge < -0.3 is 10.2 Å². The lowest BCUT2D eigenvalue weighted by Gasteiger charge is -2.30. The van der Waals surface area contributed by atoms with Crippen molar-refractivity contribution >= 4 is 21.6 Å². The highest BCUT2D eigenvalue weighted by Gasteiger charge is 2.27. The predicted molar refractivity (Wildman–Crippen MR) is 87.8 cm³/mol. The first-order valence-corrected chi connectivity index (χ1v) is 8.73. The monoisotopic (exact) mass is 354 g/mol. The molecule has 0 spiro atoms. The fourth-order valence-electron chi connectivity index (χ4n) is 3.27. The van der Waals surface area contributed by atoms with Crippen LogP contribution in [0.15, 0.2) is 15.5 Å². The van der Waals surface area contributed by atoms with Crippen molar-refractivity contribution in [2.45, 2.75) is 45.2 Å². The summed E-state index contributed by atoms with van der Waals surface area (Å²) in [4.78, 5) is 15.1. The highest BCUT2D eigenvalue weighted by Crippen LogP contribution is 2.28. The van der Waals surface area contributed by atoms with E-state index in [9.17, 15) is 4.79 Å². The maximum Gasteiger partial charge on any atom is 0.291 e. The van der Waals surface area contributed by atoms with Gasteiger partial charge >= 0.3 is 0 Å². The van der Waals surface area contributed by atoms with E-state index in [0.717, 1.165) is 42.8 Å². The van der Waals surface area contributed by atoms with Crippen LogP contribution < -0.4 is 15.8 Å². The van der Waals surface area contributed by atoms with Crippen molar-refractivity contribution in [3.05, 3.63) is 21.0 Å². The van der Waals surface area contributed by atoms with E-state index in [2.05, 4.69) is 38.2 Å². The average molecular weight is 355 g/mol. The molecule has 1 aliphatic carbocycles. The van der Waals surface area contributed by atoms with E-state index >= 15 is 0 Å². The molecule has 0 radical (unpaired) electrons. The first-order valence-electron chi connectivity index (χ1n) is 7.93. The molecule has 1 unspecified atom stereocenters.